The Hall–Kier alpha value is -1.09. The third-order valence-electron chi connectivity index (χ3n) is 2.55. The number of anilines is 1. The Morgan fingerprint density at radius 1 is 1.57 bits per heavy atom. The monoisotopic (exact) mass is 194 g/mol. The van der Waals surface area contributed by atoms with Crippen molar-refractivity contribution in [1.29, 1.82) is 0 Å². The van der Waals surface area contributed by atoms with Gasteiger partial charge in [0.25, 0.3) is 0 Å². The zero-order chi connectivity index (χ0) is 10.1. The van der Waals surface area contributed by atoms with Crippen LogP contribution in [-0.2, 0) is 6.42 Å². The maximum absolute atomic E-state index is 13.0. The minimum absolute atomic E-state index is 0.129. The van der Waals surface area contributed by atoms with Gasteiger partial charge in [-0.2, -0.15) is 0 Å². The van der Waals surface area contributed by atoms with Crippen molar-refractivity contribution in [3.8, 4) is 0 Å². The van der Waals surface area contributed by atoms with Crippen LogP contribution < -0.4 is 10.6 Å². The quantitative estimate of drug-likeness (QED) is 0.773. The van der Waals surface area contributed by atoms with E-state index in [-0.39, 0.29) is 11.9 Å². The summed E-state index contributed by atoms with van der Waals surface area (Å²) in [6, 6.07) is 5.12. The first-order chi connectivity index (χ1) is 6.66. The number of halogens is 1. The highest BCUT2D eigenvalue weighted by molar-refractivity contribution is 5.58. The topological polar surface area (TPSA) is 29.3 Å². The summed E-state index contributed by atoms with van der Waals surface area (Å²) >= 11 is 0. The molecule has 2 nitrogen and oxygen atoms in total. The summed E-state index contributed by atoms with van der Waals surface area (Å²) in [6.07, 6.45) is 1.00. The molecule has 14 heavy (non-hydrogen) atoms. The van der Waals surface area contributed by atoms with Crippen LogP contribution in [0, 0.1) is 5.82 Å². The number of rotatable bonds is 2. The number of hydrogen-bond donors (Lipinski definition) is 1. The Morgan fingerprint density at radius 3 is 3.07 bits per heavy atom. The van der Waals surface area contributed by atoms with Gasteiger partial charge in [0.2, 0.25) is 0 Å². The summed E-state index contributed by atoms with van der Waals surface area (Å²) in [6.45, 7) is 3.73. The third kappa shape index (κ3) is 1.73. The lowest BCUT2D eigenvalue weighted by atomic mass is 10.1. The maximum atomic E-state index is 13.0. The molecule has 0 aliphatic carbocycles. The van der Waals surface area contributed by atoms with Crippen LogP contribution in [0.25, 0.3) is 0 Å². The maximum Gasteiger partial charge on any atom is 0.125 e. The smallest absolute Gasteiger partial charge is 0.125 e. The highest BCUT2D eigenvalue weighted by Crippen LogP contribution is 2.28. The van der Waals surface area contributed by atoms with Gasteiger partial charge in [-0.05, 0) is 31.0 Å². The normalized spacial score (nSPS) is 16.9. The van der Waals surface area contributed by atoms with Gasteiger partial charge in [-0.25, -0.2) is 4.39 Å². The standard InChI is InChI=1S/C11H15FN2/c1-8(13)7-14-5-4-9-2-3-10(12)6-11(9)14/h2-3,6,8H,4-5,7,13H2,1H3/t8-/m1/s1. The summed E-state index contributed by atoms with van der Waals surface area (Å²) in [5, 5.41) is 0. The predicted molar refractivity (Wildman–Crippen MR) is 56.0 cm³/mol. The van der Waals surface area contributed by atoms with Crippen molar-refractivity contribution in [2.75, 3.05) is 18.0 Å². The molecule has 0 aromatic heterocycles. The lowest BCUT2D eigenvalue weighted by Gasteiger charge is -2.21. The highest BCUT2D eigenvalue weighted by Gasteiger charge is 2.19. The fraction of sp³-hybridized carbons (Fsp3) is 0.455. The zero-order valence-corrected chi connectivity index (χ0v) is 8.33. The molecule has 0 amide bonds. The van der Waals surface area contributed by atoms with Crippen molar-refractivity contribution in [3.63, 3.8) is 0 Å². The Labute approximate surface area is 83.5 Å². The lowest BCUT2D eigenvalue weighted by molar-refractivity contribution is 0.626. The van der Waals surface area contributed by atoms with Gasteiger partial charge in [0.15, 0.2) is 0 Å². The molecule has 1 aliphatic rings. The molecule has 0 bridgehead atoms. The Kier molecular flexibility index (Phi) is 2.42. The highest BCUT2D eigenvalue weighted by atomic mass is 19.1. The molecule has 1 atom stereocenters. The number of nitrogens with zero attached hydrogens (tertiary/aromatic N) is 1. The van der Waals surface area contributed by atoms with E-state index in [4.69, 9.17) is 5.73 Å². The van der Waals surface area contributed by atoms with Crippen LogP contribution in [0.1, 0.15) is 12.5 Å². The van der Waals surface area contributed by atoms with Crippen LogP contribution >= 0.6 is 0 Å². The number of benzene rings is 1. The van der Waals surface area contributed by atoms with Crippen LogP contribution in [0.5, 0.6) is 0 Å². The average molecular weight is 194 g/mol. The van der Waals surface area contributed by atoms with Crippen LogP contribution in [0.2, 0.25) is 0 Å². The predicted octanol–water partition coefficient (Wildman–Crippen LogP) is 1.54. The SMILES string of the molecule is C[C@@H](N)CN1CCc2ccc(F)cc21. The van der Waals surface area contributed by atoms with Gasteiger partial charge in [-0.15, -0.1) is 0 Å². The largest absolute Gasteiger partial charge is 0.369 e. The van der Waals surface area contributed by atoms with E-state index in [0.717, 1.165) is 25.2 Å². The Bertz CT molecular complexity index is 336. The summed E-state index contributed by atoms with van der Waals surface area (Å²) in [5.74, 6) is -0.166. The summed E-state index contributed by atoms with van der Waals surface area (Å²) in [7, 11) is 0. The molecular formula is C11H15FN2. The van der Waals surface area contributed by atoms with Gasteiger partial charge < -0.3 is 10.6 Å². The van der Waals surface area contributed by atoms with Crippen molar-refractivity contribution in [3.05, 3.63) is 29.6 Å². The summed E-state index contributed by atoms with van der Waals surface area (Å²) in [5.41, 5.74) is 7.98. The van der Waals surface area contributed by atoms with E-state index in [9.17, 15) is 4.39 Å². The second-order valence-corrected chi connectivity index (χ2v) is 3.95. The zero-order valence-electron chi connectivity index (χ0n) is 8.33. The second kappa shape index (κ2) is 3.58. The molecular weight excluding hydrogens is 179 g/mol. The molecule has 1 heterocycles. The van der Waals surface area contributed by atoms with Gasteiger partial charge in [-0.1, -0.05) is 6.07 Å². The molecule has 1 aliphatic heterocycles. The molecule has 0 fully saturated rings. The van der Waals surface area contributed by atoms with E-state index in [1.54, 1.807) is 6.07 Å². The number of fused-ring (bicyclic) bond motifs is 1. The van der Waals surface area contributed by atoms with Crippen LogP contribution in [-0.4, -0.2) is 19.1 Å². The first-order valence-electron chi connectivity index (χ1n) is 4.96. The van der Waals surface area contributed by atoms with Crippen molar-refractivity contribution in [2.45, 2.75) is 19.4 Å². The van der Waals surface area contributed by atoms with Crippen molar-refractivity contribution in [2.24, 2.45) is 5.73 Å². The van der Waals surface area contributed by atoms with Gasteiger partial charge in [0.1, 0.15) is 5.82 Å². The van der Waals surface area contributed by atoms with Crippen molar-refractivity contribution in [1.82, 2.24) is 0 Å². The number of nitrogens with two attached hydrogens (primary N) is 1. The molecule has 1 aromatic carbocycles. The Morgan fingerprint density at radius 2 is 2.36 bits per heavy atom. The van der Waals surface area contributed by atoms with Gasteiger partial charge in [0, 0.05) is 24.8 Å². The lowest BCUT2D eigenvalue weighted by Crippen LogP contribution is -2.34. The molecule has 76 valence electrons. The van der Waals surface area contributed by atoms with E-state index >= 15 is 0 Å². The van der Waals surface area contributed by atoms with Crippen LogP contribution in [0.15, 0.2) is 18.2 Å². The van der Waals surface area contributed by atoms with Gasteiger partial charge in [-0.3, -0.25) is 0 Å². The average Bonchev–Trinajstić information content (AvgIpc) is 2.47. The minimum Gasteiger partial charge on any atom is -0.369 e. The van der Waals surface area contributed by atoms with E-state index in [2.05, 4.69) is 4.90 Å². The third-order valence-corrected chi connectivity index (χ3v) is 2.55. The molecule has 0 saturated carbocycles. The summed E-state index contributed by atoms with van der Waals surface area (Å²) in [4.78, 5) is 2.16. The summed E-state index contributed by atoms with van der Waals surface area (Å²) < 4.78 is 13.0. The van der Waals surface area contributed by atoms with Crippen molar-refractivity contribution < 1.29 is 4.39 Å². The molecule has 1 aromatic rings. The van der Waals surface area contributed by atoms with Crippen molar-refractivity contribution >= 4 is 5.69 Å². The van der Waals surface area contributed by atoms with Gasteiger partial charge >= 0.3 is 0 Å². The first-order valence-corrected chi connectivity index (χ1v) is 4.96. The molecule has 3 heteroatoms. The van der Waals surface area contributed by atoms with E-state index in [1.165, 1.54) is 11.6 Å². The molecule has 2 N–H and O–H groups in total. The van der Waals surface area contributed by atoms with Gasteiger partial charge in [0.05, 0.1) is 0 Å². The molecule has 2 rings (SSSR count). The van der Waals surface area contributed by atoms with E-state index in [1.807, 2.05) is 13.0 Å². The molecule has 0 saturated heterocycles. The Balaban J connectivity index is 2.24. The van der Waals surface area contributed by atoms with Crippen LogP contribution in [0.4, 0.5) is 10.1 Å². The first kappa shape index (κ1) is 9.46. The second-order valence-electron chi connectivity index (χ2n) is 3.95. The fourth-order valence-corrected chi connectivity index (χ4v) is 1.96. The van der Waals surface area contributed by atoms with E-state index < -0.39 is 0 Å². The fourth-order valence-electron chi connectivity index (χ4n) is 1.96. The molecule has 0 spiro atoms. The molecule has 0 radical (unpaired) electrons. The number of hydrogen-bond acceptors (Lipinski definition) is 2. The minimum atomic E-state index is -0.166. The molecule has 0 unspecified atom stereocenters. The van der Waals surface area contributed by atoms with Crippen LogP contribution in [0.3, 0.4) is 0 Å². The van der Waals surface area contributed by atoms with E-state index in [0.29, 0.717) is 0 Å².